The number of rotatable bonds is 3. The molecule has 1 heterocycles. The third-order valence-electron chi connectivity index (χ3n) is 3.63. The number of benzene rings is 2. The molecule has 3 rings (SSSR count). The molecule has 3 nitrogen and oxygen atoms in total. The number of hydrogen-bond acceptors (Lipinski definition) is 2. The summed E-state index contributed by atoms with van der Waals surface area (Å²) in [5.41, 5.74) is 11.1. The Bertz CT molecular complexity index is 805. The highest BCUT2D eigenvalue weighted by Crippen LogP contribution is 2.28. The number of anilines is 1. The summed E-state index contributed by atoms with van der Waals surface area (Å²) in [5.74, 6) is 1.08. The fourth-order valence-corrected chi connectivity index (χ4v) is 2.98. The Labute approximate surface area is 132 Å². The maximum absolute atomic E-state index is 5.89. The Morgan fingerprint density at radius 3 is 2.76 bits per heavy atom. The number of nitrogen functional groups attached to an aromatic ring is 1. The maximum Gasteiger partial charge on any atom is 0.114 e. The average molecular weight is 344 g/mol. The van der Waals surface area contributed by atoms with Crippen molar-refractivity contribution in [1.29, 1.82) is 0 Å². The van der Waals surface area contributed by atoms with Gasteiger partial charge in [-0.15, -0.1) is 0 Å². The minimum Gasteiger partial charge on any atom is -0.399 e. The molecule has 2 N–H and O–H groups in total. The van der Waals surface area contributed by atoms with Crippen molar-refractivity contribution in [2.75, 3.05) is 5.73 Å². The molecule has 3 aromatic rings. The van der Waals surface area contributed by atoms with Gasteiger partial charge in [-0.3, -0.25) is 4.57 Å². The lowest BCUT2D eigenvalue weighted by Gasteiger charge is -2.12. The van der Waals surface area contributed by atoms with E-state index in [1.165, 1.54) is 11.3 Å². The molecule has 0 aliphatic heterocycles. The van der Waals surface area contributed by atoms with E-state index in [1.807, 2.05) is 12.1 Å². The van der Waals surface area contributed by atoms with Crippen molar-refractivity contribution in [2.24, 2.45) is 0 Å². The van der Waals surface area contributed by atoms with Crippen LogP contribution in [-0.2, 0) is 6.42 Å². The monoisotopic (exact) mass is 343 g/mol. The second-order valence-electron chi connectivity index (χ2n) is 5.29. The second-order valence-corrected chi connectivity index (χ2v) is 6.21. The molecule has 2 aromatic carbocycles. The second kappa shape index (κ2) is 5.53. The maximum atomic E-state index is 5.89. The van der Waals surface area contributed by atoms with E-state index >= 15 is 0 Å². The first-order valence-electron chi connectivity index (χ1n) is 7.13. The first-order valence-corrected chi connectivity index (χ1v) is 7.93. The fourth-order valence-electron chi connectivity index (χ4n) is 2.63. The van der Waals surface area contributed by atoms with Crippen LogP contribution in [0, 0.1) is 6.92 Å². The van der Waals surface area contributed by atoms with Gasteiger partial charge in [0, 0.05) is 16.6 Å². The molecule has 4 heteroatoms. The van der Waals surface area contributed by atoms with Crippen LogP contribution in [0.15, 0.2) is 40.9 Å². The van der Waals surface area contributed by atoms with Crippen LogP contribution in [0.25, 0.3) is 16.7 Å². The molecule has 0 radical (unpaired) electrons. The Kier molecular flexibility index (Phi) is 3.72. The molecule has 0 aliphatic rings. The van der Waals surface area contributed by atoms with Gasteiger partial charge in [0.15, 0.2) is 0 Å². The summed E-state index contributed by atoms with van der Waals surface area (Å²) < 4.78 is 3.32. The molecule has 0 fully saturated rings. The quantitative estimate of drug-likeness (QED) is 0.704. The standard InChI is InChI=1S/C17H18BrN3/c1-3-4-17-20-14-10-13(19)7-8-15(14)21(17)16-9-12(18)6-5-11(16)2/h5-10H,3-4,19H2,1-2H3. The van der Waals surface area contributed by atoms with Gasteiger partial charge >= 0.3 is 0 Å². The van der Waals surface area contributed by atoms with Crippen LogP contribution in [-0.4, -0.2) is 9.55 Å². The SMILES string of the molecule is CCCc1nc2cc(N)ccc2n1-c1cc(Br)ccc1C. The van der Waals surface area contributed by atoms with Gasteiger partial charge < -0.3 is 5.73 Å². The largest absolute Gasteiger partial charge is 0.399 e. The Morgan fingerprint density at radius 1 is 1.19 bits per heavy atom. The summed E-state index contributed by atoms with van der Waals surface area (Å²) in [6.45, 7) is 4.30. The number of nitrogens with zero attached hydrogens (tertiary/aromatic N) is 2. The van der Waals surface area contributed by atoms with Crippen LogP contribution in [0.1, 0.15) is 24.7 Å². The molecule has 0 saturated carbocycles. The minimum atomic E-state index is 0.751. The van der Waals surface area contributed by atoms with Gasteiger partial charge in [0.05, 0.1) is 16.7 Å². The molecule has 108 valence electrons. The normalized spacial score (nSPS) is 11.2. The summed E-state index contributed by atoms with van der Waals surface area (Å²) in [7, 11) is 0. The molecule has 0 aliphatic carbocycles. The van der Waals surface area contributed by atoms with Crippen molar-refractivity contribution in [3.8, 4) is 5.69 Å². The van der Waals surface area contributed by atoms with Gasteiger partial charge in [-0.25, -0.2) is 4.98 Å². The molecular formula is C17H18BrN3. The van der Waals surface area contributed by atoms with Gasteiger partial charge in [0.1, 0.15) is 5.82 Å². The molecule has 0 amide bonds. The van der Waals surface area contributed by atoms with E-state index in [1.54, 1.807) is 0 Å². The molecule has 1 aromatic heterocycles. The van der Waals surface area contributed by atoms with Gasteiger partial charge in [-0.1, -0.05) is 28.9 Å². The number of aryl methyl sites for hydroxylation is 2. The van der Waals surface area contributed by atoms with Gasteiger partial charge in [0.2, 0.25) is 0 Å². The van der Waals surface area contributed by atoms with Gasteiger partial charge in [-0.05, 0) is 49.2 Å². The number of halogens is 1. The van der Waals surface area contributed by atoms with Gasteiger partial charge in [0.25, 0.3) is 0 Å². The van der Waals surface area contributed by atoms with Crippen LogP contribution >= 0.6 is 15.9 Å². The molecule has 0 atom stereocenters. The Hall–Kier alpha value is -1.81. The zero-order valence-corrected chi connectivity index (χ0v) is 13.8. The summed E-state index contributed by atoms with van der Waals surface area (Å²) in [4.78, 5) is 4.78. The number of fused-ring (bicyclic) bond motifs is 1. The van der Waals surface area contributed by atoms with Crippen molar-refractivity contribution in [2.45, 2.75) is 26.7 Å². The summed E-state index contributed by atoms with van der Waals surface area (Å²) in [6.07, 6.45) is 2.01. The number of aromatic nitrogens is 2. The highest BCUT2D eigenvalue weighted by molar-refractivity contribution is 9.10. The molecule has 0 saturated heterocycles. The minimum absolute atomic E-state index is 0.751. The number of imidazole rings is 1. The van der Waals surface area contributed by atoms with Crippen LogP contribution in [0.2, 0.25) is 0 Å². The lowest BCUT2D eigenvalue weighted by Crippen LogP contribution is -2.03. The predicted molar refractivity (Wildman–Crippen MR) is 91.9 cm³/mol. The Balaban J connectivity index is 2.33. The average Bonchev–Trinajstić information content (AvgIpc) is 2.79. The van der Waals surface area contributed by atoms with Crippen molar-refractivity contribution in [3.05, 3.63) is 52.3 Å². The number of hydrogen-bond donors (Lipinski definition) is 1. The highest BCUT2D eigenvalue weighted by atomic mass is 79.9. The van der Waals surface area contributed by atoms with E-state index in [0.29, 0.717) is 0 Å². The van der Waals surface area contributed by atoms with E-state index in [9.17, 15) is 0 Å². The molecule has 0 spiro atoms. The Morgan fingerprint density at radius 2 is 2.00 bits per heavy atom. The highest BCUT2D eigenvalue weighted by Gasteiger charge is 2.14. The summed E-state index contributed by atoms with van der Waals surface area (Å²) >= 11 is 3.57. The lowest BCUT2D eigenvalue weighted by atomic mass is 10.2. The zero-order chi connectivity index (χ0) is 15.0. The van der Waals surface area contributed by atoms with Crippen molar-refractivity contribution >= 4 is 32.7 Å². The van der Waals surface area contributed by atoms with E-state index in [-0.39, 0.29) is 0 Å². The van der Waals surface area contributed by atoms with E-state index < -0.39 is 0 Å². The fraction of sp³-hybridized carbons (Fsp3) is 0.235. The van der Waals surface area contributed by atoms with Crippen molar-refractivity contribution in [3.63, 3.8) is 0 Å². The first-order chi connectivity index (χ1) is 10.1. The van der Waals surface area contributed by atoms with Crippen LogP contribution in [0.3, 0.4) is 0 Å². The van der Waals surface area contributed by atoms with E-state index in [0.717, 1.165) is 39.9 Å². The predicted octanol–water partition coefficient (Wildman–Crippen LogP) is 4.63. The van der Waals surface area contributed by atoms with E-state index in [2.05, 4.69) is 58.6 Å². The number of nitrogens with two attached hydrogens (primary N) is 1. The van der Waals surface area contributed by atoms with Crippen LogP contribution < -0.4 is 5.73 Å². The first kappa shape index (κ1) is 14.1. The third-order valence-corrected chi connectivity index (χ3v) is 4.13. The lowest BCUT2D eigenvalue weighted by molar-refractivity contribution is 0.816. The topological polar surface area (TPSA) is 43.8 Å². The molecule has 0 unspecified atom stereocenters. The van der Waals surface area contributed by atoms with Crippen LogP contribution in [0.5, 0.6) is 0 Å². The zero-order valence-electron chi connectivity index (χ0n) is 12.2. The molecular weight excluding hydrogens is 326 g/mol. The van der Waals surface area contributed by atoms with Gasteiger partial charge in [-0.2, -0.15) is 0 Å². The third kappa shape index (κ3) is 2.56. The molecule has 0 bridgehead atoms. The summed E-state index contributed by atoms with van der Waals surface area (Å²) in [6, 6.07) is 12.3. The van der Waals surface area contributed by atoms with E-state index in [4.69, 9.17) is 10.7 Å². The smallest absolute Gasteiger partial charge is 0.114 e. The van der Waals surface area contributed by atoms with Crippen molar-refractivity contribution in [1.82, 2.24) is 9.55 Å². The van der Waals surface area contributed by atoms with Crippen LogP contribution in [0.4, 0.5) is 5.69 Å². The summed E-state index contributed by atoms with van der Waals surface area (Å²) in [5, 5.41) is 0. The molecule has 21 heavy (non-hydrogen) atoms. The van der Waals surface area contributed by atoms with Crippen molar-refractivity contribution < 1.29 is 0 Å².